The summed E-state index contributed by atoms with van der Waals surface area (Å²) in [5, 5.41) is 14.5. The molecule has 1 fully saturated rings. The van der Waals surface area contributed by atoms with E-state index in [-0.39, 0.29) is 18.0 Å². The Morgan fingerprint density at radius 2 is 1.76 bits per heavy atom. The highest BCUT2D eigenvalue weighted by Gasteiger charge is 2.30. The second-order valence-corrected chi connectivity index (χ2v) is 7.76. The molecule has 2 aromatic carbocycles. The fourth-order valence-corrected chi connectivity index (χ4v) is 4.47. The van der Waals surface area contributed by atoms with Crippen LogP contribution in [0.3, 0.4) is 0 Å². The number of aromatic nitrogens is 2. The van der Waals surface area contributed by atoms with Gasteiger partial charge in [0.1, 0.15) is 5.82 Å². The first-order chi connectivity index (χ1) is 14.3. The van der Waals surface area contributed by atoms with Crippen molar-refractivity contribution in [3.8, 4) is 5.69 Å². The van der Waals surface area contributed by atoms with E-state index in [1.54, 1.807) is 0 Å². The molecule has 5 rings (SSSR count). The lowest BCUT2D eigenvalue weighted by atomic mass is 9.94. The van der Waals surface area contributed by atoms with E-state index in [1.165, 1.54) is 5.56 Å². The van der Waals surface area contributed by atoms with E-state index in [1.807, 2.05) is 53.2 Å². The molecule has 0 saturated carbocycles. The third-order valence-electron chi connectivity index (χ3n) is 5.90. The fourth-order valence-electron chi connectivity index (χ4n) is 4.47. The van der Waals surface area contributed by atoms with E-state index in [9.17, 15) is 4.79 Å². The minimum Gasteiger partial charge on any atom is -0.333 e. The Kier molecular flexibility index (Phi) is 4.77. The van der Waals surface area contributed by atoms with E-state index in [2.05, 4.69) is 28.1 Å². The van der Waals surface area contributed by atoms with E-state index in [0.717, 1.165) is 55.1 Å². The summed E-state index contributed by atoms with van der Waals surface area (Å²) in [6.07, 6.45) is 3.01. The van der Waals surface area contributed by atoms with Crippen molar-refractivity contribution >= 4 is 11.8 Å². The third-order valence-corrected chi connectivity index (χ3v) is 5.90. The number of rotatable bonds is 4. The van der Waals surface area contributed by atoms with Crippen LogP contribution in [0.2, 0.25) is 0 Å². The minimum absolute atomic E-state index is 0.0542. The van der Waals surface area contributed by atoms with Crippen molar-refractivity contribution in [1.82, 2.24) is 20.4 Å². The standard InChI is InChI=1S/C23H25N5O/c29-23(25-21-15-24-14-19(21)16-8-3-1-4-9-16)26-22-18-12-7-13-20(18)27-28(22)17-10-5-2-6-11-17/h1-6,8-11,19,21,24H,7,12-15H2,(H2,25,26,29)/t19-,21+/m1/s1. The Morgan fingerprint density at radius 3 is 2.55 bits per heavy atom. The van der Waals surface area contributed by atoms with Gasteiger partial charge in [0.15, 0.2) is 0 Å². The molecule has 1 aliphatic carbocycles. The van der Waals surface area contributed by atoms with Gasteiger partial charge in [0.05, 0.1) is 17.4 Å². The van der Waals surface area contributed by atoms with Crippen LogP contribution in [-0.4, -0.2) is 34.9 Å². The average molecular weight is 387 g/mol. The quantitative estimate of drug-likeness (QED) is 0.644. The van der Waals surface area contributed by atoms with Gasteiger partial charge in [0, 0.05) is 24.6 Å². The number of carbonyl (C=O) groups excluding carboxylic acids is 1. The van der Waals surface area contributed by atoms with Crippen molar-refractivity contribution in [3.05, 3.63) is 77.5 Å². The summed E-state index contributed by atoms with van der Waals surface area (Å²) < 4.78 is 1.87. The van der Waals surface area contributed by atoms with Gasteiger partial charge in [0.2, 0.25) is 0 Å². The Labute approximate surface area is 170 Å². The van der Waals surface area contributed by atoms with Gasteiger partial charge in [-0.3, -0.25) is 5.32 Å². The summed E-state index contributed by atoms with van der Waals surface area (Å²) in [5.41, 5.74) is 4.46. The maximum absolute atomic E-state index is 12.9. The second kappa shape index (κ2) is 7.72. The number of amides is 2. The lowest BCUT2D eigenvalue weighted by molar-refractivity contribution is 0.248. The molecule has 1 aliphatic heterocycles. The first-order valence-electron chi connectivity index (χ1n) is 10.3. The monoisotopic (exact) mass is 387 g/mol. The van der Waals surface area contributed by atoms with E-state index >= 15 is 0 Å². The van der Waals surface area contributed by atoms with Gasteiger partial charge in [-0.1, -0.05) is 48.5 Å². The Morgan fingerprint density at radius 1 is 1.00 bits per heavy atom. The fraction of sp³-hybridized carbons (Fsp3) is 0.304. The molecule has 6 nitrogen and oxygen atoms in total. The number of fused-ring (bicyclic) bond motifs is 1. The van der Waals surface area contributed by atoms with Crippen LogP contribution in [0.4, 0.5) is 10.6 Å². The molecule has 29 heavy (non-hydrogen) atoms. The normalized spacial score (nSPS) is 20.4. The lowest BCUT2D eigenvalue weighted by Gasteiger charge is -2.21. The van der Waals surface area contributed by atoms with Crippen molar-refractivity contribution in [1.29, 1.82) is 0 Å². The lowest BCUT2D eigenvalue weighted by Crippen LogP contribution is -2.42. The molecule has 0 spiro atoms. The van der Waals surface area contributed by atoms with Crippen molar-refractivity contribution in [2.45, 2.75) is 31.2 Å². The zero-order valence-electron chi connectivity index (χ0n) is 16.3. The topological polar surface area (TPSA) is 71.0 Å². The molecule has 2 aliphatic rings. The number of hydrogen-bond donors (Lipinski definition) is 3. The molecular weight excluding hydrogens is 362 g/mol. The molecule has 3 aromatic rings. The Balaban J connectivity index is 1.36. The zero-order valence-corrected chi connectivity index (χ0v) is 16.3. The number of benzene rings is 2. The predicted octanol–water partition coefficient (Wildman–Crippen LogP) is 3.24. The third kappa shape index (κ3) is 3.51. The zero-order chi connectivity index (χ0) is 19.6. The highest BCUT2D eigenvalue weighted by atomic mass is 16.2. The van der Waals surface area contributed by atoms with Gasteiger partial charge in [-0.05, 0) is 37.0 Å². The molecule has 148 valence electrons. The van der Waals surface area contributed by atoms with E-state index < -0.39 is 0 Å². The Bertz CT molecular complexity index is 999. The SMILES string of the molecule is O=C(Nc1c2c(nn1-c1ccccc1)CCC2)N[C@H]1CNC[C@@H]1c1ccccc1. The van der Waals surface area contributed by atoms with Crippen LogP contribution in [0.25, 0.3) is 5.69 Å². The second-order valence-electron chi connectivity index (χ2n) is 7.76. The maximum atomic E-state index is 12.9. The van der Waals surface area contributed by atoms with Crippen molar-refractivity contribution in [3.63, 3.8) is 0 Å². The molecule has 2 atom stereocenters. The molecule has 3 N–H and O–H groups in total. The van der Waals surface area contributed by atoms with Crippen LogP contribution in [0.15, 0.2) is 60.7 Å². The number of carbonyl (C=O) groups is 1. The van der Waals surface area contributed by atoms with Gasteiger partial charge >= 0.3 is 6.03 Å². The van der Waals surface area contributed by atoms with Crippen LogP contribution >= 0.6 is 0 Å². The maximum Gasteiger partial charge on any atom is 0.320 e. The summed E-state index contributed by atoms with van der Waals surface area (Å²) in [6.45, 7) is 1.63. The van der Waals surface area contributed by atoms with Crippen LogP contribution in [-0.2, 0) is 12.8 Å². The van der Waals surface area contributed by atoms with E-state index in [4.69, 9.17) is 5.10 Å². The molecule has 2 heterocycles. The summed E-state index contributed by atoms with van der Waals surface area (Å²) in [6, 6.07) is 20.2. The summed E-state index contributed by atoms with van der Waals surface area (Å²) >= 11 is 0. The molecular formula is C23H25N5O. The minimum atomic E-state index is -0.175. The molecule has 0 radical (unpaired) electrons. The molecule has 1 aromatic heterocycles. The molecule has 2 amide bonds. The molecule has 0 bridgehead atoms. The number of urea groups is 1. The van der Waals surface area contributed by atoms with Crippen LogP contribution in [0.1, 0.15) is 29.2 Å². The largest absolute Gasteiger partial charge is 0.333 e. The van der Waals surface area contributed by atoms with Crippen molar-refractivity contribution in [2.75, 3.05) is 18.4 Å². The van der Waals surface area contributed by atoms with E-state index in [0.29, 0.717) is 0 Å². The summed E-state index contributed by atoms with van der Waals surface area (Å²) in [4.78, 5) is 12.9. The van der Waals surface area contributed by atoms with Gasteiger partial charge in [0.25, 0.3) is 0 Å². The van der Waals surface area contributed by atoms with Crippen LogP contribution in [0.5, 0.6) is 0 Å². The number of anilines is 1. The Hall–Kier alpha value is -3.12. The van der Waals surface area contributed by atoms with Crippen molar-refractivity contribution < 1.29 is 4.79 Å². The number of nitrogens with one attached hydrogen (secondary N) is 3. The number of nitrogens with zero attached hydrogens (tertiary/aromatic N) is 2. The van der Waals surface area contributed by atoms with Gasteiger partial charge in [-0.25, -0.2) is 9.48 Å². The number of hydrogen-bond acceptors (Lipinski definition) is 3. The van der Waals surface area contributed by atoms with Crippen molar-refractivity contribution in [2.24, 2.45) is 0 Å². The van der Waals surface area contributed by atoms with Gasteiger partial charge < -0.3 is 10.6 Å². The highest BCUT2D eigenvalue weighted by molar-refractivity contribution is 5.90. The molecule has 0 unspecified atom stereocenters. The average Bonchev–Trinajstić information content (AvgIpc) is 3.47. The smallest absolute Gasteiger partial charge is 0.320 e. The highest BCUT2D eigenvalue weighted by Crippen LogP contribution is 2.31. The molecule has 6 heteroatoms. The van der Waals surface area contributed by atoms with Crippen LogP contribution < -0.4 is 16.0 Å². The summed E-state index contributed by atoms with van der Waals surface area (Å²) in [7, 11) is 0. The summed E-state index contributed by atoms with van der Waals surface area (Å²) in [5.74, 6) is 1.06. The van der Waals surface area contributed by atoms with Crippen LogP contribution in [0, 0.1) is 0 Å². The van der Waals surface area contributed by atoms with Gasteiger partial charge in [-0.2, -0.15) is 5.10 Å². The number of aryl methyl sites for hydroxylation is 1. The first kappa shape index (κ1) is 17.9. The number of para-hydroxylation sites is 1. The molecule has 1 saturated heterocycles. The van der Waals surface area contributed by atoms with Gasteiger partial charge in [-0.15, -0.1) is 0 Å². The predicted molar refractivity (Wildman–Crippen MR) is 114 cm³/mol. The first-order valence-corrected chi connectivity index (χ1v) is 10.3.